The van der Waals surface area contributed by atoms with Gasteiger partial charge in [-0.3, -0.25) is 14.9 Å². The van der Waals surface area contributed by atoms with Crippen LogP contribution in [0.15, 0.2) is 52.0 Å². The summed E-state index contributed by atoms with van der Waals surface area (Å²) in [7, 11) is 0. The molecular weight excluding hydrogens is 398 g/mol. The Hall–Kier alpha value is -2.54. The fourth-order valence-corrected chi connectivity index (χ4v) is 3.39. The molecule has 0 fully saturated rings. The second-order valence-corrected chi connectivity index (χ2v) is 7.11. The van der Waals surface area contributed by atoms with E-state index in [4.69, 9.17) is 0 Å². The molecule has 0 aliphatic carbocycles. The predicted octanol–water partition coefficient (Wildman–Crippen LogP) is 4.29. The van der Waals surface area contributed by atoms with Crippen LogP contribution >= 0.6 is 15.9 Å². The first-order chi connectivity index (χ1) is 12.4. The minimum atomic E-state index is -0.432. The van der Waals surface area contributed by atoms with Crippen molar-refractivity contribution in [2.75, 3.05) is 0 Å². The smallest absolute Gasteiger partial charge is 0.269 e. The molecule has 0 aromatic heterocycles. The molecule has 0 bridgehead atoms. The molecule has 0 spiro atoms. The van der Waals surface area contributed by atoms with Crippen LogP contribution in [0.1, 0.15) is 37.0 Å². The van der Waals surface area contributed by atoms with Crippen LogP contribution in [0.25, 0.3) is 0 Å². The van der Waals surface area contributed by atoms with Gasteiger partial charge in [-0.1, -0.05) is 28.9 Å². The van der Waals surface area contributed by atoms with Gasteiger partial charge in [-0.25, -0.2) is 5.01 Å². The van der Waals surface area contributed by atoms with Crippen LogP contribution in [0, 0.1) is 10.1 Å². The molecule has 7 heteroatoms. The van der Waals surface area contributed by atoms with Gasteiger partial charge < -0.3 is 0 Å². The summed E-state index contributed by atoms with van der Waals surface area (Å²) >= 11 is 3.49. The Balaban J connectivity index is 2.17. The van der Waals surface area contributed by atoms with Crippen LogP contribution in [-0.4, -0.2) is 27.6 Å². The van der Waals surface area contributed by atoms with Crippen molar-refractivity contribution >= 4 is 33.2 Å². The normalized spacial score (nSPS) is 16.5. The zero-order chi connectivity index (χ0) is 18.8. The topological polar surface area (TPSA) is 75.8 Å². The lowest BCUT2D eigenvalue weighted by atomic mass is 9.95. The maximum absolute atomic E-state index is 12.4. The lowest BCUT2D eigenvalue weighted by Gasteiger charge is -2.22. The van der Waals surface area contributed by atoms with Gasteiger partial charge in [-0.15, -0.1) is 0 Å². The van der Waals surface area contributed by atoms with E-state index in [0.717, 1.165) is 21.2 Å². The van der Waals surface area contributed by atoms with E-state index in [1.807, 2.05) is 32.0 Å². The van der Waals surface area contributed by atoms with Gasteiger partial charge in [-0.05, 0) is 43.2 Å². The standard InChI is InChI=1S/C19H18BrN3O3/c1-3-18(24)22-12(2)10-14-4-7-15(20)11-17(14)19(21-22)13-5-8-16(9-6-13)23(25)26/h4-9,11-12H,3,10H2,1-2H3. The number of hydrogen-bond donors (Lipinski definition) is 0. The molecule has 2 aromatic carbocycles. The Bertz CT molecular complexity index is 893. The van der Waals surface area contributed by atoms with Gasteiger partial charge in [-0.2, -0.15) is 5.10 Å². The number of nitro benzene ring substituents is 1. The van der Waals surface area contributed by atoms with E-state index in [0.29, 0.717) is 18.6 Å². The molecule has 2 aromatic rings. The molecule has 1 unspecified atom stereocenters. The lowest BCUT2D eigenvalue weighted by Crippen LogP contribution is -2.34. The van der Waals surface area contributed by atoms with Gasteiger partial charge in [0.2, 0.25) is 5.91 Å². The average molecular weight is 416 g/mol. The SMILES string of the molecule is CCC(=O)N1N=C(c2ccc([N+](=O)[O-])cc2)c2cc(Br)ccc2CC1C. The van der Waals surface area contributed by atoms with E-state index in [1.54, 1.807) is 12.1 Å². The van der Waals surface area contributed by atoms with Gasteiger partial charge in [0.15, 0.2) is 0 Å². The molecule has 134 valence electrons. The number of carbonyl (C=O) groups is 1. The Kier molecular flexibility index (Phi) is 5.18. The second kappa shape index (κ2) is 7.37. The molecule has 0 saturated heterocycles. The first kappa shape index (κ1) is 18.3. The molecule has 6 nitrogen and oxygen atoms in total. The Morgan fingerprint density at radius 2 is 2.00 bits per heavy atom. The molecule has 1 amide bonds. The molecule has 1 atom stereocenters. The van der Waals surface area contributed by atoms with Crippen molar-refractivity contribution in [1.29, 1.82) is 0 Å². The second-order valence-electron chi connectivity index (χ2n) is 6.20. The van der Waals surface area contributed by atoms with E-state index in [1.165, 1.54) is 17.1 Å². The third-order valence-corrected chi connectivity index (χ3v) is 4.87. The third-order valence-electron chi connectivity index (χ3n) is 4.38. The van der Waals surface area contributed by atoms with E-state index in [2.05, 4.69) is 21.0 Å². The Labute approximate surface area is 159 Å². The zero-order valence-corrected chi connectivity index (χ0v) is 16.1. The number of nitrogens with zero attached hydrogens (tertiary/aromatic N) is 3. The number of nitro groups is 1. The quantitative estimate of drug-likeness (QED) is 0.553. The molecule has 0 radical (unpaired) electrons. The highest BCUT2D eigenvalue weighted by Gasteiger charge is 2.26. The number of benzene rings is 2. The molecular formula is C19H18BrN3O3. The summed E-state index contributed by atoms with van der Waals surface area (Å²) in [6, 6.07) is 12.2. The number of non-ortho nitro benzene ring substituents is 1. The number of amides is 1. The van der Waals surface area contributed by atoms with Crippen molar-refractivity contribution in [2.24, 2.45) is 5.10 Å². The van der Waals surface area contributed by atoms with E-state index in [9.17, 15) is 14.9 Å². The van der Waals surface area contributed by atoms with Gasteiger partial charge in [0.1, 0.15) is 0 Å². The number of fused-ring (bicyclic) bond motifs is 1. The Morgan fingerprint density at radius 1 is 1.31 bits per heavy atom. The molecule has 26 heavy (non-hydrogen) atoms. The first-order valence-corrected chi connectivity index (χ1v) is 9.14. The highest BCUT2D eigenvalue weighted by atomic mass is 79.9. The largest absolute Gasteiger partial charge is 0.273 e. The zero-order valence-electron chi connectivity index (χ0n) is 14.5. The van der Waals surface area contributed by atoms with Gasteiger partial charge in [0.25, 0.3) is 5.69 Å². The summed E-state index contributed by atoms with van der Waals surface area (Å²) in [5.74, 6) is -0.0521. The number of halogens is 1. The van der Waals surface area contributed by atoms with Crippen LogP contribution in [0.2, 0.25) is 0 Å². The van der Waals surface area contributed by atoms with E-state index >= 15 is 0 Å². The molecule has 1 aliphatic heterocycles. The third kappa shape index (κ3) is 3.53. The van der Waals surface area contributed by atoms with Crippen molar-refractivity contribution in [3.8, 4) is 0 Å². The molecule has 1 heterocycles. The van der Waals surface area contributed by atoms with Crippen LogP contribution in [0.4, 0.5) is 5.69 Å². The number of hydrogen-bond acceptors (Lipinski definition) is 4. The number of hydrazone groups is 1. The van der Waals surface area contributed by atoms with Crippen LogP contribution in [0.3, 0.4) is 0 Å². The summed E-state index contributed by atoms with van der Waals surface area (Å²) in [6.07, 6.45) is 1.05. The molecule has 3 rings (SSSR count). The van der Waals surface area contributed by atoms with Crippen molar-refractivity contribution in [3.05, 3.63) is 73.7 Å². The molecule has 0 saturated carbocycles. The fourth-order valence-electron chi connectivity index (χ4n) is 3.03. The first-order valence-electron chi connectivity index (χ1n) is 8.35. The molecule has 1 aliphatic rings. The highest BCUT2D eigenvalue weighted by Crippen LogP contribution is 2.27. The maximum Gasteiger partial charge on any atom is 0.269 e. The predicted molar refractivity (Wildman–Crippen MR) is 103 cm³/mol. The van der Waals surface area contributed by atoms with Crippen LogP contribution in [-0.2, 0) is 11.2 Å². The van der Waals surface area contributed by atoms with Crippen LogP contribution < -0.4 is 0 Å². The van der Waals surface area contributed by atoms with Crippen molar-refractivity contribution in [1.82, 2.24) is 5.01 Å². The summed E-state index contributed by atoms with van der Waals surface area (Å²) in [6.45, 7) is 3.78. The average Bonchev–Trinajstić information content (AvgIpc) is 2.77. The van der Waals surface area contributed by atoms with E-state index < -0.39 is 4.92 Å². The number of carbonyl (C=O) groups excluding carboxylic acids is 1. The Morgan fingerprint density at radius 3 is 2.62 bits per heavy atom. The number of rotatable bonds is 3. The highest BCUT2D eigenvalue weighted by molar-refractivity contribution is 9.10. The summed E-state index contributed by atoms with van der Waals surface area (Å²) in [5, 5.41) is 17.1. The van der Waals surface area contributed by atoms with Crippen molar-refractivity contribution < 1.29 is 9.72 Å². The van der Waals surface area contributed by atoms with Gasteiger partial charge >= 0.3 is 0 Å². The maximum atomic E-state index is 12.4. The van der Waals surface area contributed by atoms with Gasteiger partial charge in [0.05, 0.1) is 16.7 Å². The van der Waals surface area contributed by atoms with Crippen molar-refractivity contribution in [2.45, 2.75) is 32.7 Å². The monoisotopic (exact) mass is 415 g/mol. The minimum absolute atomic E-state index is 0.0206. The summed E-state index contributed by atoms with van der Waals surface area (Å²) in [4.78, 5) is 22.9. The lowest BCUT2D eigenvalue weighted by molar-refractivity contribution is -0.384. The van der Waals surface area contributed by atoms with Gasteiger partial charge in [0, 0.05) is 34.2 Å². The minimum Gasteiger partial charge on any atom is -0.273 e. The van der Waals surface area contributed by atoms with E-state index in [-0.39, 0.29) is 17.6 Å². The fraction of sp³-hybridized carbons (Fsp3) is 0.263. The van der Waals surface area contributed by atoms with Crippen LogP contribution in [0.5, 0.6) is 0 Å². The summed E-state index contributed by atoms with van der Waals surface area (Å²) < 4.78 is 0.911. The summed E-state index contributed by atoms with van der Waals surface area (Å²) in [5.41, 5.74) is 3.41. The molecule has 0 N–H and O–H groups in total. The van der Waals surface area contributed by atoms with Crippen molar-refractivity contribution in [3.63, 3.8) is 0 Å².